The summed E-state index contributed by atoms with van der Waals surface area (Å²) in [5, 5.41) is 2.74. The lowest BCUT2D eigenvalue weighted by Crippen LogP contribution is -2.47. The Balaban J connectivity index is 1.55. The standard InChI is InChI=1S/C22H20N2O5/c25-19(23-15-10-11-15)13-29-22(28)18(12-14-6-2-1-3-7-14)24-20(26)16-8-4-5-9-17(16)21(24)27/h1-9,15,18H,10-13H2,(H,23,25). The molecule has 1 atom stereocenters. The molecule has 2 aromatic rings. The van der Waals surface area contributed by atoms with E-state index in [2.05, 4.69) is 5.32 Å². The first-order chi connectivity index (χ1) is 14.0. The van der Waals surface area contributed by atoms with Crippen LogP contribution in [0.4, 0.5) is 0 Å². The van der Waals surface area contributed by atoms with Gasteiger partial charge in [-0.3, -0.25) is 19.3 Å². The average molecular weight is 392 g/mol. The number of carbonyl (C=O) groups is 4. The summed E-state index contributed by atoms with van der Waals surface area (Å²) in [5.41, 5.74) is 1.29. The van der Waals surface area contributed by atoms with Crippen molar-refractivity contribution in [1.82, 2.24) is 10.2 Å². The van der Waals surface area contributed by atoms with Crippen LogP contribution >= 0.6 is 0 Å². The van der Waals surface area contributed by atoms with Crippen molar-refractivity contribution < 1.29 is 23.9 Å². The highest BCUT2D eigenvalue weighted by molar-refractivity contribution is 6.22. The highest BCUT2D eigenvalue weighted by Gasteiger charge is 2.43. The van der Waals surface area contributed by atoms with E-state index in [1.807, 2.05) is 18.2 Å². The lowest BCUT2D eigenvalue weighted by Gasteiger charge is -2.24. The van der Waals surface area contributed by atoms with Crippen molar-refractivity contribution in [2.75, 3.05) is 6.61 Å². The number of benzene rings is 2. The van der Waals surface area contributed by atoms with Crippen LogP contribution in [0.5, 0.6) is 0 Å². The summed E-state index contributed by atoms with van der Waals surface area (Å²) in [4.78, 5) is 51.4. The summed E-state index contributed by atoms with van der Waals surface area (Å²) >= 11 is 0. The molecule has 7 nitrogen and oxygen atoms in total. The fourth-order valence-corrected chi connectivity index (χ4v) is 3.34. The molecule has 1 aliphatic heterocycles. The number of nitrogens with one attached hydrogen (secondary N) is 1. The third kappa shape index (κ3) is 4.03. The van der Waals surface area contributed by atoms with Gasteiger partial charge in [0.25, 0.3) is 17.7 Å². The molecule has 0 spiro atoms. The minimum atomic E-state index is -1.15. The van der Waals surface area contributed by atoms with Crippen LogP contribution < -0.4 is 5.32 Å². The number of esters is 1. The van der Waals surface area contributed by atoms with E-state index in [1.165, 1.54) is 0 Å². The van der Waals surface area contributed by atoms with Crippen molar-refractivity contribution in [2.24, 2.45) is 0 Å². The summed E-state index contributed by atoms with van der Waals surface area (Å²) in [6, 6.07) is 14.5. The van der Waals surface area contributed by atoms with Gasteiger partial charge >= 0.3 is 5.97 Å². The maximum atomic E-state index is 12.9. The molecule has 0 bridgehead atoms. The third-order valence-corrected chi connectivity index (χ3v) is 4.97. The number of amides is 3. The predicted octanol–water partition coefficient (Wildman–Crippen LogP) is 1.72. The Morgan fingerprint density at radius 3 is 2.14 bits per heavy atom. The molecule has 1 N–H and O–H groups in total. The highest BCUT2D eigenvalue weighted by Crippen LogP contribution is 2.26. The molecular formula is C22H20N2O5. The van der Waals surface area contributed by atoms with Gasteiger partial charge in [0.15, 0.2) is 6.61 Å². The van der Waals surface area contributed by atoms with Crippen LogP contribution in [0.3, 0.4) is 0 Å². The molecule has 1 aliphatic carbocycles. The van der Waals surface area contributed by atoms with Gasteiger partial charge in [-0.05, 0) is 30.5 Å². The zero-order chi connectivity index (χ0) is 20.4. The van der Waals surface area contributed by atoms with Crippen LogP contribution in [-0.4, -0.2) is 47.3 Å². The third-order valence-electron chi connectivity index (χ3n) is 4.97. The molecule has 1 unspecified atom stereocenters. The van der Waals surface area contributed by atoms with Crippen molar-refractivity contribution in [3.63, 3.8) is 0 Å². The fourth-order valence-electron chi connectivity index (χ4n) is 3.34. The lowest BCUT2D eigenvalue weighted by molar-refractivity contribution is -0.152. The average Bonchev–Trinajstić information content (AvgIpc) is 3.51. The molecule has 0 aromatic heterocycles. The van der Waals surface area contributed by atoms with Gasteiger partial charge < -0.3 is 10.1 Å². The molecule has 0 saturated heterocycles. The van der Waals surface area contributed by atoms with E-state index in [4.69, 9.17) is 4.74 Å². The molecule has 2 aliphatic rings. The summed E-state index contributed by atoms with van der Waals surface area (Å²) in [6.07, 6.45) is 1.95. The van der Waals surface area contributed by atoms with E-state index in [0.717, 1.165) is 23.3 Å². The van der Waals surface area contributed by atoms with E-state index in [-0.39, 0.29) is 29.5 Å². The normalized spacial score (nSPS) is 16.3. The second-order valence-electron chi connectivity index (χ2n) is 7.18. The Morgan fingerprint density at radius 1 is 0.966 bits per heavy atom. The topological polar surface area (TPSA) is 92.8 Å². The van der Waals surface area contributed by atoms with Crippen LogP contribution in [0.15, 0.2) is 54.6 Å². The van der Waals surface area contributed by atoms with Gasteiger partial charge in [-0.2, -0.15) is 0 Å². The molecule has 2 aromatic carbocycles. The molecule has 4 rings (SSSR count). The number of imide groups is 1. The molecule has 7 heteroatoms. The fraction of sp³-hybridized carbons (Fsp3) is 0.273. The molecule has 29 heavy (non-hydrogen) atoms. The van der Waals surface area contributed by atoms with Crippen LogP contribution in [0, 0.1) is 0 Å². The largest absolute Gasteiger partial charge is 0.454 e. The molecule has 1 saturated carbocycles. The first-order valence-electron chi connectivity index (χ1n) is 9.51. The zero-order valence-electron chi connectivity index (χ0n) is 15.7. The predicted molar refractivity (Wildman–Crippen MR) is 103 cm³/mol. The van der Waals surface area contributed by atoms with E-state index >= 15 is 0 Å². The van der Waals surface area contributed by atoms with Gasteiger partial charge in [0.2, 0.25) is 0 Å². The number of nitrogens with zero attached hydrogens (tertiary/aromatic N) is 1. The Hall–Kier alpha value is -3.48. The number of rotatable bonds is 7. The number of fused-ring (bicyclic) bond motifs is 1. The quantitative estimate of drug-likeness (QED) is 0.572. The van der Waals surface area contributed by atoms with Gasteiger partial charge in [-0.1, -0.05) is 42.5 Å². The Labute approximate surface area is 167 Å². The van der Waals surface area contributed by atoms with Crippen LogP contribution in [0.1, 0.15) is 39.1 Å². The van der Waals surface area contributed by atoms with Crippen molar-refractivity contribution in [3.05, 3.63) is 71.3 Å². The molecule has 0 radical (unpaired) electrons. The summed E-state index contributed by atoms with van der Waals surface area (Å²) in [5.74, 6) is -2.24. The number of hydrogen-bond acceptors (Lipinski definition) is 5. The lowest BCUT2D eigenvalue weighted by atomic mass is 10.0. The Kier molecular flexibility index (Phi) is 5.12. The van der Waals surface area contributed by atoms with E-state index in [0.29, 0.717) is 0 Å². The number of ether oxygens (including phenoxy) is 1. The molecule has 148 valence electrons. The molecule has 1 fully saturated rings. The molecule has 3 amide bonds. The summed E-state index contributed by atoms with van der Waals surface area (Å²) in [6.45, 7) is -0.441. The van der Waals surface area contributed by atoms with Gasteiger partial charge in [0.1, 0.15) is 6.04 Å². The zero-order valence-corrected chi connectivity index (χ0v) is 15.7. The maximum Gasteiger partial charge on any atom is 0.330 e. The minimum Gasteiger partial charge on any atom is -0.454 e. The monoisotopic (exact) mass is 392 g/mol. The smallest absolute Gasteiger partial charge is 0.330 e. The van der Waals surface area contributed by atoms with Gasteiger partial charge in [-0.25, -0.2) is 4.79 Å². The first kappa shape index (κ1) is 18.9. The first-order valence-corrected chi connectivity index (χ1v) is 9.51. The van der Waals surface area contributed by atoms with Gasteiger partial charge in [-0.15, -0.1) is 0 Å². The highest BCUT2D eigenvalue weighted by atomic mass is 16.5. The SMILES string of the molecule is O=C(COC(=O)C(Cc1ccccc1)N1C(=O)c2ccccc2C1=O)NC1CC1. The molecule has 1 heterocycles. The van der Waals surface area contributed by atoms with Crippen LogP contribution in [0.25, 0.3) is 0 Å². The maximum absolute atomic E-state index is 12.9. The Bertz CT molecular complexity index is 933. The van der Waals surface area contributed by atoms with Crippen molar-refractivity contribution in [3.8, 4) is 0 Å². The van der Waals surface area contributed by atoms with Crippen molar-refractivity contribution in [1.29, 1.82) is 0 Å². The number of hydrogen-bond donors (Lipinski definition) is 1. The minimum absolute atomic E-state index is 0.107. The van der Waals surface area contributed by atoms with E-state index < -0.39 is 30.4 Å². The number of carbonyl (C=O) groups excluding carboxylic acids is 4. The molecular weight excluding hydrogens is 372 g/mol. The second-order valence-corrected chi connectivity index (χ2v) is 7.18. The van der Waals surface area contributed by atoms with Gasteiger partial charge in [0, 0.05) is 12.5 Å². The van der Waals surface area contributed by atoms with E-state index in [9.17, 15) is 19.2 Å². The van der Waals surface area contributed by atoms with Crippen LogP contribution in [-0.2, 0) is 20.7 Å². The summed E-state index contributed by atoms with van der Waals surface area (Å²) < 4.78 is 5.18. The Morgan fingerprint density at radius 2 is 1.55 bits per heavy atom. The second kappa shape index (κ2) is 7.87. The van der Waals surface area contributed by atoms with Crippen molar-refractivity contribution >= 4 is 23.7 Å². The van der Waals surface area contributed by atoms with E-state index in [1.54, 1.807) is 36.4 Å². The summed E-state index contributed by atoms with van der Waals surface area (Å²) in [7, 11) is 0. The van der Waals surface area contributed by atoms with Crippen molar-refractivity contribution in [2.45, 2.75) is 31.3 Å². The van der Waals surface area contributed by atoms with Gasteiger partial charge in [0.05, 0.1) is 11.1 Å². The van der Waals surface area contributed by atoms with Crippen LogP contribution in [0.2, 0.25) is 0 Å².